The molecule has 0 bridgehead atoms. The Bertz CT molecular complexity index is 1370. The highest BCUT2D eigenvalue weighted by molar-refractivity contribution is 6.33. The summed E-state index contributed by atoms with van der Waals surface area (Å²) in [7, 11) is 0. The van der Waals surface area contributed by atoms with Gasteiger partial charge in [0.1, 0.15) is 29.2 Å². The van der Waals surface area contributed by atoms with Crippen LogP contribution in [0.25, 0.3) is 11.3 Å². The van der Waals surface area contributed by atoms with E-state index in [1.807, 2.05) is 34.6 Å². The Morgan fingerprint density at radius 3 is 2.64 bits per heavy atom. The van der Waals surface area contributed by atoms with Crippen molar-refractivity contribution in [3.05, 3.63) is 47.3 Å². The fraction of sp³-hybridized carbons (Fsp3) is 0.519. The first-order chi connectivity index (χ1) is 18.5. The van der Waals surface area contributed by atoms with Crippen LogP contribution in [0.3, 0.4) is 0 Å². The molecule has 4 heterocycles. The monoisotopic (exact) mass is 557 g/mol. The number of rotatable bonds is 5. The zero-order valence-corrected chi connectivity index (χ0v) is 23.5. The smallest absolute Gasteiger partial charge is 0.410 e. The second-order valence-electron chi connectivity index (χ2n) is 11.4. The quantitative estimate of drug-likeness (QED) is 0.434. The second-order valence-corrected chi connectivity index (χ2v) is 11.8. The Labute approximate surface area is 231 Å². The van der Waals surface area contributed by atoms with E-state index in [0.29, 0.717) is 40.8 Å². The predicted octanol–water partition coefficient (Wildman–Crippen LogP) is 5.56. The van der Waals surface area contributed by atoms with Crippen molar-refractivity contribution in [2.75, 3.05) is 19.6 Å². The van der Waals surface area contributed by atoms with Crippen LogP contribution in [-0.2, 0) is 4.74 Å². The van der Waals surface area contributed by atoms with E-state index in [0.717, 1.165) is 19.4 Å². The second kappa shape index (κ2) is 10.3. The van der Waals surface area contributed by atoms with E-state index in [9.17, 15) is 9.18 Å². The number of hydrogen-bond acceptors (Lipinski definition) is 8. The molecule has 5 rings (SSSR count). The van der Waals surface area contributed by atoms with Crippen LogP contribution >= 0.6 is 11.6 Å². The lowest BCUT2D eigenvalue weighted by atomic mass is 9.66. The van der Waals surface area contributed by atoms with Crippen LogP contribution < -0.4 is 10.1 Å². The van der Waals surface area contributed by atoms with E-state index in [2.05, 4.69) is 25.6 Å². The normalized spacial score (nSPS) is 18.8. The van der Waals surface area contributed by atoms with Crippen molar-refractivity contribution in [3.8, 4) is 22.9 Å². The molecule has 0 radical (unpaired) electrons. The summed E-state index contributed by atoms with van der Waals surface area (Å²) in [6, 6.07) is 4.08. The zero-order chi connectivity index (χ0) is 27.9. The molecule has 2 aliphatic heterocycles. The molecule has 2 aliphatic rings. The van der Waals surface area contributed by atoms with Gasteiger partial charge in [0.15, 0.2) is 0 Å². The number of hydrogen-bond donors (Lipinski definition) is 1. The summed E-state index contributed by atoms with van der Waals surface area (Å²) in [5, 5.41) is 16.4. The molecule has 208 valence electrons. The van der Waals surface area contributed by atoms with E-state index in [-0.39, 0.29) is 29.5 Å². The topological polar surface area (TPSA) is 107 Å². The average Bonchev–Trinajstić information content (AvgIpc) is 3.26. The molecule has 2 fully saturated rings. The largest absolute Gasteiger partial charge is 0.444 e. The van der Waals surface area contributed by atoms with Crippen molar-refractivity contribution in [1.82, 2.24) is 35.2 Å². The van der Waals surface area contributed by atoms with Crippen LogP contribution in [0.1, 0.15) is 65.2 Å². The molecule has 1 unspecified atom stereocenters. The zero-order valence-electron chi connectivity index (χ0n) is 22.7. The highest BCUT2D eigenvalue weighted by atomic mass is 35.5. The van der Waals surface area contributed by atoms with Gasteiger partial charge in [0.05, 0.1) is 23.0 Å². The molecule has 1 aromatic carbocycles. The minimum Gasteiger partial charge on any atom is -0.444 e. The number of halogens is 2. The Balaban J connectivity index is 1.40. The summed E-state index contributed by atoms with van der Waals surface area (Å²) >= 11 is 6.48. The number of ether oxygens (including phenoxy) is 2. The first kappa shape index (κ1) is 27.3. The van der Waals surface area contributed by atoms with E-state index in [1.165, 1.54) is 24.7 Å². The van der Waals surface area contributed by atoms with Gasteiger partial charge in [-0.15, -0.1) is 10.2 Å². The molecule has 1 spiro atoms. The van der Waals surface area contributed by atoms with Crippen LogP contribution in [0.2, 0.25) is 5.02 Å². The molecule has 2 saturated heterocycles. The maximum absolute atomic E-state index is 14.4. The third kappa shape index (κ3) is 5.42. The van der Waals surface area contributed by atoms with Gasteiger partial charge < -0.3 is 19.7 Å². The third-order valence-corrected chi connectivity index (χ3v) is 7.49. The minimum atomic E-state index is -0.540. The summed E-state index contributed by atoms with van der Waals surface area (Å²) in [5.74, 6) is 0.152. The lowest BCUT2D eigenvalue weighted by molar-refractivity contribution is -0.0196. The van der Waals surface area contributed by atoms with E-state index < -0.39 is 11.4 Å². The molecule has 3 aromatic rings. The number of nitrogens with one attached hydrogen (secondary N) is 1. The minimum absolute atomic E-state index is 0.0112. The van der Waals surface area contributed by atoms with Gasteiger partial charge >= 0.3 is 6.09 Å². The number of piperidine rings is 1. The van der Waals surface area contributed by atoms with Gasteiger partial charge in [-0.25, -0.2) is 14.2 Å². The van der Waals surface area contributed by atoms with Crippen LogP contribution in [0, 0.1) is 11.2 Å². The Hall–Kier alpha value is -3.31. The SMILES string of the molecule is CC(C)n1ncc(Cl)c1-c1cc(F)ccc1Oc1nncnc1C1NCC12CCN(C(=O)OC(C)(C)C)CC2. The Morgan fingerprint density at radius 1 is 1.26 bits per heavy atom. The highest BCUT2D eigenvalue weighted by Gasteiger charge is 2.51. The molecule has 1 amide bonds. The lowest BCUT2D eigenvalue weighted by Gasteiger charge is -2.54. The first-order valence-electron chi connectivity index (χ1n) is 13.1. The molecule has 1 atom stereocenters. The van der Waals surface area contributed by atoms with Gasteiger partial charge in [-0.1, -0.05) is 11.6 Å². The van der Waals surface area contributed by atoms with Gasteiger partial charge in [-0.2, -0.15) is 5.10 Å². The summed E-state index contributed by atoms with van der Waals surface area (Å²) in [6.45, 7) is 11.5. The fourth-order valence-electron chi connectivity index (χ4n) is 5.21. The van der Waals surface area contributed by atoms with Gasteiger partial charge in [0.2, 0.25) is 0 Å². The summed E-state index contributed by atoms with van der Waals surface area (Å²) in [5.41, 5.74) is 0.956. The number of carbonyl (C=O) groups excluding carboxylic acids is 1. The van der Waals surface area contributed by atoms with Crippen LogP contribution in [0.5, 0.6) is 11.6 Å². The maximum Gasteiger partial charge on any atom is 0.410 e. The molecule has 10 nitrogen and oxygen atoms in total. The van der Waals surface area contributed by atoms with Gasteiger partial charge in [0.25, 0.3) is 5.88 Å². The Kier molecular flexibility index (Phi) is 7.23. The lowest BCUT2D eigenvalue weighted by Crippen LogP contribution is -2.61. The molecule has 1 N–H and O–H groups in total. The van der Waals surface area contributed by atoms with Crippen molar-refractivity contribution in [2.24, 2.45) is 5.41 Å². The number of carbonyl (C=O) groups is 1. The van der Waals surface area contributed by atoms with E-state index in [4.69, 9.17) is 21.1 Å². The number of likely N-dealkylation sites (tertiary alicyclic amines) is 1. The predicted molar refractivity (Wildman–Crippen MR) is 143 cm³/mol. The average molecular weight is 558 g/mol. The van der Waals surface area contributed by atoms with Gasteiger partial charge in [-0.05, 0) is 65.7 Å². The summed E-state index contributed by atoms with van der Waals surface area (Å²) in [6.07, 6.45) is 4.18. The van der Waals surface area contributed by atoms with Crippen LogP contribution in [-0.4, -0.2) is 61.2 Å². The van der Waals surface area contributed by atoms with Crippen molar-refractivity contribution in [2.45, 2.75) is 65.1 Å². The fourth-order valence-corrected chi connectivity index (χ4v) is 5.45. The molecule has 39 heavy (non-hydrogen) atoms. The number of nitrogens with zero attached hydrogens (tertiary/aromatic N) is 6. The molecular weight excluding hydrogens is 525 g/mol. The first-order valence-corrected chi connectivity index (χ1v) is 13.4. The molecule has 0 aliphatic carbocycles. The van der Waals surface area contributed by atoms with Crippen molar-refractivity contribution in [1.29, 1.82) is 0 Å². The molecule has 2 aromatic heterocycles. The highest BCUT2D eigenvalue weighted by Crippen LogP contribution is 2.50. The van der Waals surface area contributed by atoms with E-state index in [1.54, 1.807) is 15.6 Å². The Morgan fingerprint density at radius 2 is 2.00 bits per heavy atom. The van der Waals surface area contributed by atoms with Crippen molar-refractivity contribution >= 4 is 17.7 Å². The summed E-state index contributed by atoms with van der Waals surface area (Å²) in [4.78, 5) is 18.9. The van der Waals surface area contributed by atoms with E-state index >= 15 is 0 Å². The van der Waals surface area contributed by atoms with Crippen molar-refractivity contribution in [3.63, 3.8) is 0 Å². The maximum atomic E-state index is 14.4. The number of benzene rings is 1. The number of amides is 1. The number of aromatic nitrogens is 5. The molecular formula is C27H33ClFN7O3. The summed E-state index contributed by atoms with van der Waals surface area (Å²) < 4.78 is 28.0. The van der Waals surface area contributed by atoms with Crippen LogP contribution in [0.15, 0.2) is 30.7 Å². The van der Waals surface area contributed by atoms with Gasteiger partial charge in [0, 0.05) is 36.7 Å². The third-order valence-electron chi connectivity index (χ3n) is 7.21. The van der Waals surface area contributed by atoms with Crippen LogP contribution in [0.4, 0.5) is 9.18 Å². The molecule has 12 heteroatoms. The van der Waals surface area contributed by atoms with Crippen molar-refractivity contribution < 1.29 is 18.7 Å². The van der Waals surface area contributed by atoms with Gasteiger partial charge in [-0.3, -0.25) is 4.68 Å². The standard InChI is InChI=1S/C27H33ClFN7O3/c1-16(2)36-22(19(28)13-33-36)18-12-17(29)6-7-20(18)38-24-21(31-15-32-34-24)23-27(14-30-23)8-10-35(11-9-27)25(37)39-26(3,4)5/h6-7,12-13,15-16,23,30H,8-11,14H2,1-5H3. The molecule has 0 saturated carbocycles.